The second kappa shape index (κ2) is 4.41. The van der Waals surface area contributed by atoms with Gasteiger partial charge in [-0.05, 0) is 12.1 Å². The molecule has 8 heteroatoms. The molecular formula is C11H8N4O4. The van der Waals surface area contributed by atoms with Crippen LogP contribution in [0.15, 0.2) is 39.6 Å². The molecule has 3 aromatic rings. The van der Waals surface area contributed by atoms with Crippen LogP contribution in [0.4, 0.5) is 0 Å². The first-order valence-corrected chi connectivity index (χ1v) is 5.35. The molecule has 0 radical (unpaired) electrons. The molecule has 0 spiro atoms. The van der Waals surface area contributed by atoms with Crippen molar-refractivity contribution in [2.45, 2.75) is 6.54 Å². The summed E-state index contributed by atoms with van der Waals surface area (Å²) in [5, 5.41) is 19.8. The van der Waals surface area contributed by atoms with Crippen molar-refractivity contribution in [1.29, 1.82) is 0 Å². The third-order valence-electron chi connectivity index (χ3n) is 2.40. The molecule has 0 saturated carbocycles. The Bertz CT molecular complexity index is 698. The Morgan fingerprint density at radius 2 is 2.32 bits per heavy atom. The van der Waals surface area contributed by atoms with Gasteiger partial charge in [-0.15, -0.1) is 5.10 Å². The highest BCUT2D eigenvalue weighted by molar-refractivity contribution is 5.84. The van der Waals surface area contributed by atoms with Gasteiger partial charge < -0.3 is 14.0 Å². The summed E-state index contributed by atoms with van der Waals surface area (Å²) in [6.45, 7) is 0.268. The van der Waals surface area contributed by atoms with Crippen LogP contribution in [0.5, 0.6) is 0 Å². The van der Waals surface area contributed by atoms with Crippen molar-refractivity contribution in [3.05, 3.63) is 42.0 Å². The van der Waals surface area contributed by atoms with E-state index in [9.17, 15) is 4.79 Å². The normalized spacial score (nSPS) is 10.7. The minimum absolute atomic E-state index is 0.116. The SMILES string of the molecule is O=C(O)c1cn(Cc2cc(-c3ccco3)on2)nn1. The first kappa shape index (κ1) is 11.2. The minimum atomic E-state index is -1.12. The van der Waals surface area contributed by atoms with Gasteiger partial charge in [-0.3, -0.25) is 0 Å². The van der Waals surface area contributed by atoms with Crippen LogP contribution in [-0.2, 0) is 6.54 Å². The second-order valence-electron chi connectivity index (χ2n) is 3.77. The number of carboxylic acids is 1. The number of aromatic carboxylic acids is 1. The maximum absolute atomic E-state index is 10.7. The van der Waals surface area contributed by atoms with Gasteiger partial charge in [0.05, 0.1) is 19.0 Å². The summed E-state index contributed by atoms with van der Waals surface area (Å²) in [5.41, 5.74) is 0.475. The lowest BCUT2D eigenvalue weighted by atomic mass is 10.3. The third-order valence-corrected chi connectivity index (χ3v) is 2.40. The molecule has 0 fully saturated rings. The van der Waals surface area contributed by atoms with Crippen molar-refractivity contribution < 1.29 is 18.8 Å². The van der Waals surface area contributed by atoms with Crippen LogP contribution in [0.3, 0.4) is 0 Å². The molecule has 0 amide bonds. The number of hydrogen-bond donors (Lipinski definition) is 1. The molecule has 96 valence electrons. The van der Waals surface area contributed by atoms with Gasteiger partial charge in [0.15, 0.2) is 11.5 Å². The van der Waals surface area contributed by atoms with Gasteiger partial charge in [0.1, 0.15) is 5.69 Å². The molecule has 0 aliphatic rings. The second-order valence-corrected chi connectivity index (χ2v) is 3.77. The van der Waals surface area contributed by atoms with Gasteiger partial charge in [0, 0.05) is 6.07 Å². The fourth-order valence-corrected chi connectivity index (χ4v) is 1.56. The van der Waals surface area contributed by atoms with Crippen molar-refractivity contribution >= 4 is 5.97 Å². The molecule has 0 aliphatic heterocycles. The van der Waals surface area contributed by atoms with E-state index < -0.39 is 5.97 Å². The molecule has 0 aliphatic carbocycles. The van der Waals surface area contributed by atoms with Crippen molar-refractivity contribution in [2.75, 3.05) is 0 Å². The van der Waals surface area contributed by atoms with Crippen LogP contribution >= 0.6 is 0 Å². The average molecular weight is 260 g/mol. The number of hydrogen-bond acceptors (Lipinski definition) is 6. The predicted octanol–water partition coefficient (Wildman–Crippen LogP) is 1.27. The van der Waals surface area contributed by atoms with Gasteiger partial charge in [-0.25, -0.2) is 9.48 Å². The summed E-state index contributed by atoms with van der Waals surface area (Å²) in [6, 6.07) is 5.19. The van der Waals surface area contributed by atoms with Crippen molar-refractivity contribution in [3.8, 4) is 11.5 Å². The lowest BCUT2D eigenvalue weighted by molar-refractivity contribution is 0.0690. The largest absolute Gasteiger partial charge is 0.476 e. The van der Waals surface area contributed by atoms with Crippen LogP contribution in [0.2, 0.25) is 0 Å². The average Bonchev–Trinajstić information content (AvgIpc) is 3.09. The molecule has 1 N–H and O–H groups in total. The molecule has 0 bridgehead atoms. The summed E-state index contributed by atoms with van der Waals surface area (Å²) in [6.07, 6.45) is 2.86. The van der Waals surface area contributed by atoms with E-state index in [0.717, 1.165) is 0 Å². The fourth-order valence-electron chi connectivity index (χ4n) is 1.56. The third kappa shape index (κ3) is 2.23. The lowest BCUT2D eigenvalue weighted by Crippen LogP contribution is -2.00. The van der Waals surface area contributed by atoms with E-state index in [1.54, 1.807) is 18.2 Å². The van der Waals surface area contributed by atoms with E-state index in [4.69, 9.17) is 14.0 Å². The number of carbonyl (C=O) groups is 1. The maximum atomic E-state index is 10.7. The van der Waals surface area contributed by atoms with Gasteiger partial charge >= 0.3 is 5.97 Å². The Hall–Kier alpha value is -2.90. The molecule has 0 saturated heterocycles. The van der Waals surface area contributed by atoms with E-state index in [1.807, 2.05) is 0 Å². The Labute approximate surface area is 106 Å². The van der Waals surface area contributed by atoms with E-state index in [2.05, 4.69) is 15.5 Å². The summed E-state index contributed by atoms with van der Waals surface area (Å²) in [7, 11) is 0. The molecule has 8 nitrogen and oxygen atoms in total. The van der Waals surface area contributed by atoms with Gasteiger partial charge in [-0.2, -0.15) is 0 Å². The number of carboxylic acid groups (broad SMARTS) is 1. The van der Waals surface area contributed by atoms with Crippen LogP contribution in [0.25, 0.3) is 11.5 Å². The van der Waals surface area contributed by atoms with Gasteiger partial charge in [0.25, 0.3) is 0 Å². The van der Waals surface area contributed by atoms with Crippen LogP contribution in [0, 0.1) is 0 Å². The Morgan fingerprint density at radius 1 is 1.42 bits per heavy atom. The standard InChI is InChI=1S/C11H8N4O4/c16-11(17)8-6-15(14-12-8)5-7-4-10(19-13-7)9-2-1-3-18-9/h1-4,6H,5H2,(H,16,17). The fraction of sp³-hybridized carbons (Fsp3) is 0.0909. The summed E-state index contributed by atoms with van der Waals surface area (Å²) in [5.74, 6) is -0.0511. The zero-order valence-electron chi connectivity index (χ0n) is 9.55. The summed E-state index contributed by atoms with van der Waals surface area (Å²) >= 11 is 0. The summed E-state index contributed by atoms with van der Waals surface area (Å²) < 4.78 is 11.7. The van der Waals surface area contributed by atoms with E-state index >= 15 is 0 Å². The zero-order chi connectivity index (χ0) is 13.2. The smallest absolute Gasteiger partial charge is 0.358 e. The lowest BCUT2D eigenvalue weighted by Gasteiger charge is -1.92. The van der Waals surface area contributed by atoms with E-state index in [-0.39, 0.29) is 12.2 Å². The number of aromatic nitrogens is 4. The molecule has 3 aromatic heterocycles. The maximum Gasteiger partial charge on any atom is 0.358 e. The van der Waals surface area contributed by atoms with Crippen molar-refractivity contribution in [3.63, 3.8) is 0 Å². The first-order valence-electron chi connectivity index (χ1n) is 5.35. The molecule has 0 atom stereocenters. The predicted molar refractivity (Wildman–Crippen MR) is 60.3 cm³/mol. The topological polar surface area (TPSA) is 107 Å². The van der Waals surface area contributed by atoms with E-state index in [1.165, 1.54) is 17.1 Å². The Kier molecular flexibility index (Phi) is 2.60. The molecule has 0 aromatic carbocycles. The highest BCUT2D eigenvalue weighted by atomic mass is 16.5. The van der Waals surface area contributed by atoms with Crippen LogP contribution < -0.4 is 0 Å². The van der Waals surface area contributed by atoms with Gasteiger partial charge in [-0.1, -0.05) is 10.4 Å². The van der Waals surface area contributed by atoms with E-state index in [0.29, 0.717) is 17.2 Å². The summed E-state index contributed by atoms with van der Waals surface area (Å²) in [4.78, 5) is 10.7. The quantitative estimate of drug-likeness (QED) is 0.752. The highest BCUT2D eigenvalue weighted by Gasteiger charge is 2.12. The molecule has 0 unspecified atom stereocenters. The molecule has 3 rings (SSSR count). The van der Waals surface area contributed by atoms with Gasteiger partial charge in [0.2, 0.25) is 5.76 Å². The first-order chi connectivity index (χ1) is 9.22. The monoisotopic (exact) mass is 260 g/mol. The highest BCUT2D eigenvalue weighted by Crippen LogP contribution is 2.20. The molecular weight excluding hydrogens is 252 g/mol. The number of furan rings is 1. The van der Waals surface area contributed by atoms with Crippen LogP contribution in [0.1, 0.15) is 16.2 Å². The number of nitrogens with zero attached hydrogens (tertiary/aromatic N) is 4. The molecule has 19 heavy (non-hydrogen) atoms. The molecule has 3 heterocycles. The van der Waals surface area contributed by atoms with Crippen LogP contribution in [-0.4, -0.2) is 31.2 Å². The zero-order valence-corrected chi connectivity index (χ0v) is 9.55. The van der Waals surface area contributed by atoms with Crippen molar-refractivity contribution in [2.24, 2.45) is 0 Å². The van der Waals surface area contributed by atoms with Crippen molar-refractivity contribution in [1.82, 2.24) is 20.2 Å². The Balaban J connectivity index is 1.78. The Morgan fingerprint density at radius 3 is 3.00 bits per heavy atom. The number of rotatable bonds is 4. The minimum Gasteiger partial charge on any atom is -0.476 e.